The van der Waals surface area contributed by atoms with Gasteiger partial charge in [-0.1, -0.05) is 61.4 Å². The Bertz CT molecular complexity index is 1080. The average molecular weight is 479 g/mol. The quantitative estimate of drug-likeness (QED) is 0.562. The minimum atomic E-state index is -1.08. The van der Waals surface area contributed by atoms with Gasteiger partial charge < -0.3 is 25.2 Å². The van der Waals surface area contributed by atoms with Crippen molar-refractivity contribution in [3.8, 4) is 11.1 Å². The molecule has 2 aliphatic carbocycles. The summed E-state index contributed by atoms with van der Waals surface area (Å²) in [5.74, 6) is -1.34. The van der Waals surface area contributed by atoms with Gasteiger partial charge in [-0.15, -0.1) is 0 Å². The number of carboxylic acids is 1. The van der Waals surface area contributed by atoms with Gasteiger partial charge in [-0.05, 0) is 41.5 Å². The van der Waals surface area contributed by atoms with Crippen LogP contribution in [0.1, 0.15) is 49.1 Å². The molecule has 8 heteroatoms. The maximum absolute atomic E-state index is 13.2. The summed E-state index contributed by atoms with van der Waals surface area (Å²) in [6.45, 7) is 0.659. The first-order valence-corrected chi connectivity index (χ1v) is 12.2. The van der Waals surface area contributed by atoms with Crippen molar-refractivity contribution < 1.29 is 29.0 Å². The third-order valence-electron chi connectivity index (χ3n) is 7.61. The van der Waals surface area contributed by atoms with Crippen LogP contribution < -0.4 is 10.6 Å². The molecule has 35 heavy (non-hydrogen) atoms. The van der Waals surface area contributed by atoms with Gasteiger partial charge in [-0.2, -0.15) is 0 Å². The third-order valence-corrected chi connectivity index (χ3v) is 7.61. The third kappa shape index (κ3) is 4.50. The van der Waals surface area contributed by atoms with E-state index >= 15 is 0 Å². The first kappa shape index (κ1) is 23.4. The maximum Gasteiger partial charge on any atom is 0.407 e. The number of ether oxygens (including phenoxy) is 2. The van der Waals surface area contributed by atoms with Crippen molar-refractivity contribution >= 4 is 18.0 Å². The van der Waals surface area contributed by atoms with Crippen molar-refractivity contribution in [1.29, 1.82) is 0 Å². The molecule has 0 aromatic heterocycles. The molecule has 2 fully saturated rings. The van der Waals surface area contributed by atoms with Crippen molar-refractivity contribution in [2.24, 2.45) is 5.41 Å². The molecule has 1 heterocycles. The second-order valence-electron chi connectivity index (χ2n) is 9.66. The number of hydrogen-bond acceptors (Lipinski definition) is 5. The Morgan fingerprint density at radius 1 is 1.00 bits per heavy atom. The number of hydrogen-bond donors (Lipinski definition) is 3. The highest BCUT2D eigenvalue weighted by Crippen LogP contribution is 2.44. The van der Waals surface area contributed by atoms with E-state index in [2.05, 4.69) is 34.9 Å². The summed E-state index contributed by atoms with van der Waals surface area (Å²) in [5.41, 5.74) is 3.83. The van der Waals surface area contributed by atoms with Gasteiger partial charge in [0.1, 0.15) is 6.61 Å². The van der Waals surface area contributed by atoms with Gasteiger partial charge >= 0.3 is 12.1 Å². The van der Waals surface area contributed by atoms with Crippen molar-refractivity contribution in [1.82, 2.24) is 10.6 Å². The maximum atomic E-state index is 13.2. The predicted octanol–water partition coefficient (Wildman–Crippen LogP) is 3.44. The minimum absolute atomic E-state index is 0.0350. The molecule has 0 radical (unpaired) electrons. The fourth-order valence-electron chi connectivity index (χ4n) is 5.73. The van der Waals surface area contributed by atoms with E-state index in [0.29, 0.717) is 25.9 Å². The van der Waals surface area contributed by atoms with Gasteiger partial charge in [-0.25, -0.2) is 9.59 Å². The van der Waals surface area contributed by atoms with E-state index in [1.807, 2.05) is 24.3 Å². The van der Waals surface area contributed by atoms with Crippen LogP contribution in [0.3, 0.4) is 0 Å². The normalized spacial score (nSPS) is 22.3. The second-order valence-corrected chi connectivity index (χ2v) is 9.66. The smallest absolute Gasteiger partial charge is 0.407 e. The lowest BCUT2D eigenvalue weighted by molar-refractivity contribution is -0.148. The van der Waals surface area contributed by atoms with Crippen LogP contribution in [-0.4, -0.2) is 55.0 Å². The number of aliphatic carboxylic acids is 1. The minimum Gasteiger partial charge on any atom is -0.479 e. The topological polar surface area (TPSA) is 114 Å². The fourth-order valence-corrected chi connectivity index (χ4v) is 5.73. The van der Waals surface area contributed by atoms with Crippen LogP contribution in [0.25, 0.3) is 11.1 Å². The molecular formula is C27H30N2O6. The van der Waals surface area contributed by atoms with Gasteiger partial charge in [0, 0.05) is 19.1 Å². The molecule has 2 aromatic rings. The van der Waals surface area contributed by atoms with E-state index in [-0.39, 0.29) is 25.0 Å². The average Bonchev–Trinajstić information content (AvgIpc) is 3.60. The second kappa shape index (κ2) is 9.70. The van der Waals surface area contributed by atoms with Crippen molar-refractivity contribution in [2.75, 3.05) is 19.8 Å². The zero-order valence-electron chi connectivity index (χ0n) is 19.5. The standard InChI is InChI=1S/C27H30N2O6/c30-24(31)23-22(11-14-34-23)29-25(32)27(12-5-6-13-27)16-28-26(33)35-15-21-19-9-3-1-7-17(19)18-8-2-4-10-20(18)21/h1-4,7-10,21-23H,5-6,11-16H2,(H,28,33)(H,29,32)(H,30,31)/t22-,23+/m0/s1. The lowest BCUT2D eigenvalue weighted by Gasteiger charge is -2.30. The summed E-state index contributed by atoms with van der Waals surface area (Å²) in [4.78, 5) is 37.3. The Kier molecular flexibility index (Phi) is 6.47. The first-order valence-electron chi connectivity index (χ1n) is 12.2. The molecular weight excluding hydrogens is 448 g/mol. The first-order chi connectivity index (χ1) is 17.0. The van der Waals surface area contributed by atoms with Gasteiger partial charge in [-0.3, -0.25) is 4.79 Å². The van der Waals surface area contributed by atoms with E-state index in [0.717, 1.165) is 35.1 Å². The Morgan fingerprint density at radius 3 is 2.26 bits per heavy atom. The molecule has 1 saturated carbocycles. The van der Waals surface area contributed by atoms with Gasteiger partial charge in [0.05, 0.1) is 11.5 Å². The highest BCUT2D eigenvalue weighted by Gasteiger charge is 2.44. The Hall–Kier alpha value is -3.39. The molecule has 3 N–H and O–H groups in total. The summed E-state index contributed by atoms with van der Waals surface area (Å²) in [5, 5.41) is 15.0. The highest BCUT2D eigenvalue weighted by molar-refractivity contribution is 5.85. The lowest BCUT2D eigenvalue weighted by Crippen LogP contribution is -2.52. The number of alkyl carbamates (subject to hydrolysis) is 1. The van der Waals surface area contributed by atoms with Crippen molar-refractivity contribution in [2.45, 2.75) is 50.2 Å². The zero-order chi connectivity index (χ0) is 24.4. The molecule has 184 valence electrons. The number of carbonyl (C=O) groups excluding carboxylic acids is 2. The summed E-state index contributed by atoms with van der Waals surface area (Å²) in [6, 6.07) is 15.7. The predicted molar refractivity (Wildman–Crippen MR) is 128 cm³/mol. The van der Waals surface area contributed by atoms with Crippen LogP contribution in [0.15, 0.2) is 48.5 Å². The molecule has 2 amide bonds. The number of benzene rings is 2. The molecule has 2 atom stereocenters. The Balaban J connectivity index is 1.20. The number of fused-ring (bicyclic) bond motifs is 3. The molecule has 0 bridgehead atoms. The molecule has 3 aliphatic rings. The van der Waals surface area contributed by atoms with Crippen LogP contribution in [-0.2, 0) is 19.1 Å². The Labute approximate surface area is 204 Å². The molecule has 1 aliphatic heterocycles. The molecule has 0 spiro atoms. The number of carboxylic acid groups (broad SMARTS) is 1. The highest BCUT2D eigenvalue weighted by atomic mass is 16.5. The van der Waals surface area contributed by atoms with E-state index in [9.17, 15) is 19.5 Å². The number of carbonyl (C=O) groups is 3. The lowest BCUT2D eigenvalue weighted by atomic mass is 9.84. The van der Waals surface area contributed by atoms with Gasteiger partial charge in [0.15, 0.2) is 6.10 Å². The van der Waals surface area contributed by atoms with Crippen LogP contribution in [0.2, 0.25) is 0 Å². The summed E-state index contributed by atoms with van der Waals surface area (Å²) in [6.07, 6.45) is 1.89. The summed E-state index contributed by atoms with van der Waals surface area (Å²) in [7, 11) is 0. The number of rotatable bonds is 7. The van der Waals surface area contributed by atoms with E-state index in [4.69, 9.17) is 9.47 Å². The number of nitrogens with one attached hydrogen (secondary N) is 2. The summed E-state index contributed by atoms with van der Waals surface area (Å²) < 4.78 is 10.9. The van der Waals surface area contributed by atoms with E-state index in [1.165, 1.54) is 0 Å². The van der Waals surface area contributed by atoms with Crippen LogP contribution in [0, 0.1) is 5.41 Å². The SMILES string of the molecule is O=C(NCC1(C(=O)N[C@H]2CCO[C@H]2C(=O)O)CCCC1)OCC1c2ccccc2-c2ccccc21. The van der Waals surface area contributed by atoms with Crippen molar-refractivity contribution in [3.63, 3.8) is 0 Å². The fraction of sp³-hybridized carbons (Fsp3) is 0.444. The van der Waals surface area contributed by atoms with Crippen molar-refractivity contribution in [3.05, 3.63) is 59.7 Å². The van der Waals surface area contributed by atoms with Crippen LogP contribution >= 0.6 is 0 Å². The van der Waals surface area contributed by atoms with Gasteiger partial charge in [0.2, 0.25) is 5.91 Å². The number of amides is 2. The van der Waals surface area contributed by atoms with E-state index < -0.39 is 29.6 Å². The van der Waals surface area contributed by atoms with Crippen LogP contribution in [0.4, 0.5) is 4.79 Å². The monoisotopic (exact) mass is 478 g/mol. The van der Waals surface area contributed by atoms with Crippen LogP contribution in [0.5, 0.6) is 0 Å². The molecule has 8 nitrogen and oxygen atoms in total. The molecule has 2 aromatic carbocycles. The Morgan fingerprint density at radius 2 is 1.63 bits per heavy atom. The molecule has 1 saturated heterocycles. The largest absolute Gasteiger partial charge is 0.479 e. The van der Waals surface area contributed by atoms with Gasteiger partial charge in [0.25, 0.3) is 0 Å². The molecule has 5 rings (SSSR count). The summed E-state index contributed by atoms with van der Waals surface area (Å²) >= 11 is 0. The zero-order valence-corrected chi connectivity index (χ0v) is 19.5. The molecule has 0 unspecified atom stereocenters. The van der Waals surface area contributed by atoms with E-state index in [1.54, 1.807) is 0 Å².